The lowest BCUT2D eigenvalue weighted by atomic mass is 10.1. The van der Waals surface area contributed by atoms with Crippen LogP contribution in [0.3, 0.4) is 0 Å². The van der Waals surface area contributed by atoms with Crippen molar-refractivity contribution in [2.75, 3.05) is 6.54 Å². The van der Waals surface area contributed by atoms with E-state index in [4.69, 9.17) is 15.7 Å². The first kappa shape index (κ1) is 26.3. The van der Waals surface area contributed by atoms with E-state index in [2.05, 4.69) is 10.4 Å². The minimum Gasteiger partial charge on any atom is -0.475 e. The number of halogens is 3. The third-order valence-corrected chi connectivity index (χ3v) is 4.82. The number of nitro benzene ring substituents is 1. The molecule has 1 aliphatic heterocycles. The SMILES string of the molecule is NN=Cc1cccc(CN2CC[C@H](NCc3ccccc3[N+](=O)[O-])C2=O)c1.O=C(O)C(F)(F)F. The number of amides is 1. The zero-order valence-electron chi connectivity index (χ0n) is 17.7. The minimum absolute atomic E-state index is 0.00600. The number of hydrogen-bond acceptors (Lipinski definition) is 7. The van der Waals surface area contributed by atoms with Crippen molar-refractivity contribution in [3.8, 4) is 0 Å². The second-order valence-corrected chi connectivity index (χ2v) is 7.19. The largest absolute Gasteiger partial charge is 0.490 e. The molecule has 1 fully saturated rings. The molecule has 3 rings (SSSR count). The number of nitro groups is 1. The molecule has 1 heterocycles. The van der Waals surface area contributed by atoms with Crippen LogP contribution in [0.25, 0.3) is 0 Å². The van der Waals surface area contributed by atoms with E-state index in [1.807, 2.05) is 24.3 Å². The fourth-order valence-electron chi connectivity index (χ4n) is 3.24. The van der Waals surface area contributed by atoms with Gasteiger partial charge in [0, 0.05) is 31.3 Å². The molecule has 0 bridgehead atoms. The lowest BCUT2D eigenvalue weighted by molar-refractivity contribution is -0.385. The maximum absolute atomic E-state index is 12.6. The quantitative estimate of drug-likeness (QED) is 0.238. The van der Waals surface area contributed by atoms with Gasteiger partial charge in [0.1, 0.15) is 0 Å². The number of para-hydroxylation sites is 1. The number of carbonyl (C=O) groups is 2. The number of carboxylic acids is 1. The Hall–Kier alpha value is -4.00. The Bertz CT molecular complexity index is 1060. The average molecular weight is 481 g/mol. The molecule has 34 heavy (non-hydrogen) atoms. The van der Waals surface area contributed by atoms with Crippen molar-refractivity contribution in [2.45, 2.75) is 31.7 Å². The topological polar surface area (TPSA) is 151 Å². The summed E-state index contributed by atoms with van der Waals surface area (Å²) < 4.78 is 31.7. The fourth-order valence-corrected chi connectivity index (χ4v) is 3.24. The lowest BCUT2D eigenvalue weighted by Crippen LogP contribution is -2.37. The maximum Gasteiger partial charge on any atom is 0.490 e. The van der Waals surface area contributed by atoms with Gasteiger partial charge >= 0.3 is 12.1 Å². The molecule has 10 nitrogen and oxygen atoms in total. The Morgan fingerprint density at radius 1 is 1.29 bits per heavy atom. The summed E-state index contributed by atoms with van der Waals surface area (Å²) in [5, 5.41) is 24.9. The number of hydrogen-bond donors (Lipinski definition) is 3. The Morgan fingerprint density at radius 2 is 1.97 bits per heavy atom. The number of nitrogens with one attached hydrogen (secondary N) is 1. The van der Waals surface area contributed by atoms with Crippen LogP contribution in [0, 0.1) is 10.1 Å². The molecule has 0 radical (unpaired) electrons. The fraction of sp³-hybridized carbons (Fsp3) is 0.286. The Labute approximate surface area is 192 Å². The second kappa shape index (κ2) is 11.7. The number of nitrogens with two attached hydrogens (primary N) is 1. The first-order valence-corrected chi connectivity index (χ1v) is 9.89. The number of aliphatic carboxylic acids is 1. The molecule has 0 saturated carbocycles. The van der Waals surface area contributed by atoms with Gasteiger partial charge < -0.3 is 21.2 Å². The highest BCUT2D eigenvalue weighted by Gasteiger charge is 2.38. The van der Waals surface area contributed by atoms with Gasteiger partial charge in [-0.25, -0.2) is 4.79 Å². The third-order valence-electron chi connectivity index (χ3n) is 4.82. The summed E-state index contributed by atoms with van der Waals surface area (Å²) in [6.45, 7) is 1.43. The second-order valence-electron chi connectivity index (χ2n) is 7.19. The monoisotopic (exact) mass is 481 g/mol. The van der Waals surface area contributed by atoms with E-state index in [0.717, 1.165) is 11.1 Å². The van der Waals surface area contributed by atoms with Crippen LogP contribution in [-0.4, -0.2) is 51.8 Å². The minimum atomic E-state index is -5.08. The number of carbonyl (C=O) groups excluding carboxylic acids is 1. The van der Waals surface area contributed by atoms with Crippen molar-refractivity contribution in [1.29, 1.82) is 0 Å². The van der Waals surface area contributed by atoms with Gasteiger partial charge in [-0.1, -0.05) is 36.4 Å². The van der Waals surface area contributed by atoms with E-state index in [0.29, 0.717) is 25.1 Å². The van der Waals surface area contributed by atoms with Crippen LogP contribution >= 0.6 is 0 Å². The molecule has 13 heteroatoms. The molecule has 0 unspecified atom stereocenters. The smallest absolute Gasteiger partial charge is 0.475 e. The highest BCUT2D eigenvalue weighted by Crippen LogP contribution is 2.20. The van der Waals surface area contributed by atoms with Crippen molar-refractivity contribution in [1.82, 2.24) is 10.2 Å². The highest BCUT2D eigenvalue weighted by molar-refractivity contribution is 5.84. The van der Waals surface area contributed by atoms with Crippen LogP contribution in [0.4, 0.5) is 18.9 Å². The molecular formula is C21H22F3N5O5. The molecule has 1 saturated heterocycles. The number of rotatable bonds is 7. The molecule has 0 aromatic heterocycles. The van der Waals surface area contributed by atoms with E-state index in [9.17, 15) is 28.1 Å². The van der Waals surface area contributed by atoms with Crippen LogP contribution < -0.4 is 11.2 Å². The molecule has 1 amide bonds. The molecule has 2 aromatic carbocycles. The third kappa shape index (κ3) is 7.55. The summed E-state index contributed by atoms with van der Waals surface area (Å²) in [4.78, 5) is 34.0. The van der Waals surface area contributed by atoms with Gasteiger partial charge in [0.15, 0.2) is 0 Å². The Kier molecular flexibility index (Phi) is 9.07. The summed E-state index contributed by atoms with van der Waals surface area (Å²) >= 11 is 0. The van der Waals surface area contributed by atoms with Crippen LogP contribution in [0.2, 0.25) is 0 Å². The molecule has 2 aromatic rings. The highest BCUT2D eigenvalue weighted by atomic mass is 19.4. The number of nitrogens with zero attached hydrogens (tertiary/aromatic N) is 3. The lowest BCUT2D eigenvalue weighted by Gasteiger charge is -2.17. The first-order chi connectivity index (χ1) is 16.0. The van der Waals surface area contributed by atoms with Gasteiger partial charge in [0.2, 0.25) is 5.91 Å². The van der Waals surface area contributed by atoms with Gasteiger partial charge in [0.05, 0.1) is 17.2 Å². The van der Waals surface area contributed by atoms with Gasteiger partial charge in [-0.3, -0.25) is 14.9 Å². The van der Waals surface area contributed by atoms with E-state index < -0.39 is 17.1 Å². The molecule has 0 aliphatic carbocycles. The predicted octanol–water partition coefficient (Wildman–Crippen LogP) is 2.41. The van der Waals surface area contributed by atoms with Crippen LogP contribution in [0.1, 0.15) is 23.1 Å². The normalized spacial score (nSPS) is 15.8. The summed E-state index contributed by atoms with van der Waals surface area (Å²) in [6.07, 6.45) is -2.85. The van der Waals surface area contributed by atoms with E-state index in [-0.39, 0.29) is 24.2 Å². The molecule has 1 atom stereocenters. The zero-order chi connectivity index (χ0) is 25.3. The van der Waals surface area contributed by atoms with E-state index >= 15 is 0 Å². The first-order valence-electron chi connectivity index (χ1n) is 9.89. The molecule has 182 valence electrons. The molecular weight excluding hydrogens is 459 g/mol. The molecule has 0 spiro atoms. The summed E-state index contributed by atoms with van der Waals surface area (Å²) in [5.41, 5.74) is 2.51. The van der Waals surface area contributed by atoms with Crippen LogP contribution in [-0.2, 0) is 22.7 Å². The number of likely N-dealkylation sites (tertiary alicyclic amines) is 1. The number of alkyl halides is 3. The maximum atomic E-state index is 12.6. The Morgan fingerprint density at radius 3 is 2.59 bits per heavy atom. The van der Waals surface area contributed by atoms with E-state index in [1.54, 1.807) is 29.3 Å². The van der Waals surface area contributed by atoms with Crippen molar-refractivity contribution >= 4 is 23.8 Å². The van der Waals surface area contributed by atoms with Gasteiger partial charge in [0.25, 0.3) is 5.69 Å². The Balaban J connectivity index is 0.000000509. The van der Waals surface area contributed by atoms with Crippen molar-refractivity contribution < 1.29 is 32.8 Å². The van der Waals surface area contributed by atoms with Crippen LogP contribution in [0.15, 0.2) is 53.6 Å². The summed E-state index contributed by atoms with van der Waals surface area (Å²) in [6, 6.07) is 13.9. The number of hydrazone groups is 1. The summed E-state index contributed by atoms with van der Waals surface area (Å²) in [5.74, 6) is 2.43. The van der Waals surface area contributed by atoms with Crippen molar-refractivity contribution in [3.63, 3.8) is 0 Å². The molecule has 4 N–H and O–H groups in total. The number of carboxylic acid groups (broad SMARTS) is 1. The summed E-state index contributed by atoms with van der Waals surface area (Å²) in [7, 11) is 0. The number of benzene rings is 2. The van der Waals surface area contributed by atoms with Crippen molar-refractivity contribution in [2.24, 2.45) is 10.9 Å². The van der Waals surface area contributed by atoms with Gasteiger partial charge in [-0.15, -0.1) is 0 Å². The average Bonchev–Trinajstić information content (AvgIpc) is 3.12. The predicted molar refractivity (Wildman–Crippen MR) is 116 cm³/mol. The standard InChI is InChI=1S/C19H21N5O3.C2HF3O2/c20-22-11-14-4-3-5-15(10-14)13-23-9-8-17(19(23)25)21-12-16-6-1-2-7-18(16)24(26)27;3-2(4,5)1(6)7/h1-7,10-11,17,21H,8-9,12-13,20H2;(H,6,7)/t17-;/m0./s1. The van der Waals surface area contributed by atoms with E-state index in [1.165, 1.54) is 6.07 Å². The zero-order valence-corrected chi connectivity index (χ0v) is 17.7. The molecule has 1 aliphatic rings. The van der Waals surface area contributed by atoms with Crippen LogP contribution in [0.5, 0.6) is 0 Å². The van der Waals surface area contributed by atoms with Crippen molar-refractivity contribution in [3.05, 3.63) is 75.3 Å². The van der Waals surface area contributed by atoms with Gasteiger partial charge in [-0.2, -0.15) is 18.3 Å². The van der Waals surface area contributed by atoms with Gasteiger partial charge in [-0.05, 0) is 23.6 Å².